The van der Waals surface area contributed by atoms with Crippen LogP contribution >= 0.6 is 0 Å². The highest BCUT2D eigenvalue weighted by atomic mass is 19.4. The quantitative estimate of drug-likeness (QED) is 0.298. The first-order valence-corrected chi connectivity index (χ1v) is 10.4. The summed E-state index contributed by atoms with van der Waals surface area (Å²) in [5.41, 5.74) is 0.154. The standard InChI is InChI=1S/C24H21F4N5O/c1-13-9-10-29-21(25)20(13)16-7-8-19-30-18(12-33(19)32-16)14-5-6-15(24(26,27)28)17(11-14)31-22(34)23(2,3)4/h5-12H,1-4H3,(H,31,34). The monoisotopic (exact) mass is 471 g/mol. The molecule has 1 amide bonds. The van der Waals surface area contributed by atoms with Crippen LogP contribution in [0.15, 0.2) is 48.8 Å². The Morgan fingerprint density at radius 2 is 1.76 bits per heavy atom. The highest BCUT2D eigenvalue weighted by Crippen LogP contribution is 2.38. The lowest BCUT2D eigenvalue weighted by Gasteiger charge is -2.20. The Morgan fingerprint density at radius 1 is 1.03 bits per heavy atom. The number of nitrogens with zero attached hydrogens (tertiary/aromatic N) is 4. The van der Waals surface area contributed by atoms with E-state index in [0.29, 0.717) is 28.2 Å². The van der Waals surface area contributed by atoms with Crippen LogP contribution in [0.1, 0.15) is 31.9 Å². The molecule has 0 saturated carbocycles. The number of anilines is 1. The summed E-state index contributed by atoms with van der Waals surface area (Å²) in [4.78, 5) is 20.5. The topological polar surface area (TPSA) is 72.2 Å². The van der Waals surface area contributed by atoms with Gasteiger partial charge < -0.3 is 5.32 Å². The molecule has 0 aliphatic carbocycles. The van der Waals surface area contributed by atoms with E-state index >= 15 is 0 Å². The fourth-order valence-corrected chi connectivity index (χ4v) is 3.35. The minimum atomic E-state index is -4.65. The number of carbonyl (C=O) groups is 1. The third-order valence-corrected chi connectivity index (χ3v) is 5.24. The zero-order valence-electron chi connectivity index (χ0n) is 18.8. The first-order chi connectivity index (χ1) is 15.8. The average molecular weight is 471 g/mol. The van der Waals surface area contributed by atoms with Gasteiger partial charge in [0.25, 0.3) is 0 Å². The number of benzene rings is 1. The number of aromatic nitrogens is 4. The molecule has 0 spiro atoms. The van der Waals surface area contributed by atoms with Crippen LogP contribution in [0, 0.1) is 18.3 Å². The van der Waals surface area contributed by atoms with Crippen molar-refractivity contribution in [2.75, 3.05) is 5.32 Å². The van der Waals surface area contributed by atoms with Crippen molar-refractivity contribution >= 4 is 17.2 Å². The van der Waals surface area contributed by atoms with E-state index in [1.807, 2.05) is 0 Å². The van der Waals surface area contributed by atoms with Crippen molar-refractivity contribution < 1.29 is 22.4 Å². The molecule has 0 atom stereocenters. The number of fused-ring (bicyclic) bond motifs is 1. The Balaban J connectivity index is 1.78. The summed E-state index contributed by atoms with van der Waals surface area (Å²) in [5.74, 6) is -1.21. The molecule has 34 heavy (non-hydrogen) atoms. The maximum atomic E-state index is 14.3. The van der Waals surface area contributed by atoms with E-state index in [0.717, 1.165) is 6.07 Å². The van der Waals surface area contributed by atoms with Gasteiger partial charge in [-0.05, 0) is 42.8 Å². The Labute approximate surface area is 192 Å². The second-order valence-corrected chi connectivity index (χ2v) is 8.90. The number of halogens is 4. The van der Waals surface area contributed by atoms with Gasteiger partial charge in [-0.2, -0.15) is 22.7 Å². The zero-order chi connectivity index (χ0) is 24.8. The SMILES string of the molecule is Cc1ccnc(F)c1-c1ccc2nc(-c3ccc(C(F)(F)F)c(NC(=O)C(C)(C)C)c3)cn2n1. The summed E-state index contributed by atoms with van der Waals surface area (Å²) in [6.45, 7) is 6.56. The van der Waals surface area contributed by atoms with Crippen LogP contribution in [0.2, 0.25) is 0 Å². The van der Waals surface area contributed by atoms with Crippen LogP contribution in [-0.4, -0.2) is 25.5 Å². The van der Waals surface area contributed by atoms with Crippen LogP contribution in [0.5, 0.6) is 0 Å². The molecule has 0 saturated heterocycles. The second-order valence-electron chi connectivity index (χ2n) is 8.90. The van der Waals surface area contributed by atoms with Gasteiger partial charge in [-0.25, -0.2) is 14.5 Å². The zero-order valence-corrected chi connectivity index (χ0v) is 18.8. The lowest BCUT2D eigenvalue weighted by atomic mass is 9.95. The third-order valence-electron chi connectivity index (χ3n) is 5.24. The largest absolute Gasteiger partial charge is 0.418 e. The van der Waals surface area contributed by atoms with E-state index in [4.69, 9.17) is 0 Å². The molecule has 1 N–H and O–H groups in total. The van der Waals surface area contributed by atoms with Crippen molar-refractivity contribution in [1.82, 2.24) is 19.6 Å². The van der Waals surface area contributed by atoms with Gasteiger partial charge in [0.15, 0.2) is 5.65 Å². The lowest BCUT2D eigenvalue weighted by molar-refractivity contribution is -0.137. The van der Waals surface area contributed by atoms with Crippen LogP contribution in [-0.2, 0) is 11.0 Å². The molecule has 4 aromatic rings. The number of aryl methyl sites for hydroxylation is 1. The Kier molecular flexibility index (Phi) is 5.63. The molecular weight excluding hydrogens is 450 g/mol. The first-order valence-electron chi connectivity index (χ1n) is 10.4. The molecule has 1 aromatic carbocycles. The van der Waals surface area contributed by atoms with Gasteiger partial charge in [-0.1, -0.05) is 26.8 Å². The predicted molar refractivity (Wildman–Crippen MR) is 119 cm³/mol. The summed E-state index contributed by atoms with van der Waals surface area (Å²) in [5, 5.41) is 6.78. The van der Waals surface area contributed by atoms with E-state index in [2.05, 4.69) is 20.4 Å². The minimum absolute atomic E-state index is 0.251. The van der Waals surface area contributed by atoms with Crippen molar-refractivity contribution in [3.8, 4) is 22.5 Å². The molecule has 0 bridgehead atoms. The van der Waals surface area contributed by atoms with Crippen LogP contribution in [0.25, 0.3) is 28.2 Å². The highest BCUT2D eigenvalue weighted by molar-refractivity contribution is 5.96. The summed E-state index contributed by atoms with van der Waals surface area (Å²) >= 11 is 0. The molecule has 0 unspecified atom stereocenters. The number of nitrogens with one attached hydrogen (secondary N) is 1. The minimum Gasteiger partial charge on any atom is -0.325 e. The van der Waals surface area contributed by atoms with Gasteiger partial charge in [0.1, 0.15) is 0 Å². The average Bonchev–Trinajstić information content (AvgIpc) is 3.15. The molecule has 6 nitrogen and oxygen atoms in total. The van der Waals surface area contributed by atoms with Crippen molar-refractivity contribution in [3.05, 3.63) is 65.9 Å². The molecule has 0 aliphatic rings. The molecular formula is C24H21F4N5O. The van der Waals surface area contributed by atoms with Crippen molar-refractivity contribution in [1.29, 1.82) is 0 Å². The fraction of sp³-hybridized carbons (Fsp3) is 0.250. The number of amides is 1. The van der Waals surface area contributed by atoms with E-state index in [1.54, 1.807) is 45.9 Å². The van der Waals surface area contributed by atoms with Crippen LogP contribution in [0.3, 0.4) is 0 Å². The molecule has 4 rings (SSSR count). The second kappa shape index (κ2) is 8.19. The van der Waals surface area contributed by atoms with Gasteiger partial charge in [0.05, 0.1) is 34.4 Å². The van der Waals surface area contributed by atoms with E-state index in [-0.39, 0.29) is 11.3 Å². The molecule has 0 fully saturated rings. The third kappa shape index (κ3) is 4.48. The first kappa shape index (κ1) is 23.3. The normalized spacial score (nSPS) is 12.2. The molecule has 3 heterocycles. The van der Waals surface area contributed by atoms with E-state index in [9.17, 15) is 22.4 Å². The van der Waals surface area contributed by atoms with Gasteiger partial charge in [-0.15, -0.1) is 0 Å². The van der Waals surface area contributed by atoms with Gasteiger partial charge in [0, 0.05) is 17.2 Å². The highest BCUT2D eigenvalue weighted by Gasteiger charge is 2.35. The number of carbonyl (C=O) groups excluding carboxylic acids is 1. The summed E-state index contributed by atoms with van der Waals surface area (Å²) in [7, 11) is 0. The lowest BCUT2D eigenvalue weighted by Crippen LogP contribution is -2.28. The molecule has 176 valence electrons. The van der Waals surface area contributed by atoms with Gasteiger partial charge >= 0.3 is 6.18 Å². The van der Waals surface area contributed by atoms with Crippen molar-refractivity contribution in [2.45, 2.75) is 33.9 Å². The summed E-state index contributed by atoms with van der Waals surface area (Å²) in [6, 6.07) is 8.32. The molecule has 0 aliphatic heterocycles. The van der Waals surface area contributed by atoms with E-state index in [1.165, 1.54) is 29.0 Å². The molecule has 3 aromatic heterocycles. The Bertz CT molecular complexity index is 1380. The Hall–Kier alpha value is -3.82. The van der Waals surface area contributed by atoms with Gasteiger partial charge in [-0.3, -0.25) is 4.79 Å². The molecule has 10 heteroatoms. The maximum Gasteiger partial charge on any atom is 0.418 e. The van der Waals surface area contributed by atoms with Crippen LogP contribution in [0.4, 0.5) is 23.2 Å². The summed E-state index contributed by atoms with van der Waals surface area (Å²) < 4.78 is 56.3. The smallest absolute Gasteiger partial charge is 0.325 e. The van der Waals surface area contributed by atoms with Crippen molar-refractivity contribution in [3.63, 3.8) is 0 Å². The number of imidazole rings is 1. The van der Waals surface area contributed by atoms with Crippen LogP contribution < -0.4 is 5.32 Å². The fourth-order valence-electron chi connectivity index (χ4n) is 3.35. The van der Waals surface area contributed by atoms with E-state index < -0.39 is 29.0 Å². The molecule has 0 radical (unpaired) electrons. The summed E-state index contributed by atoms with van der Waals surface area (Å²) in [6.07, 6.45) is -1.76. The number of hydrogen-bond acceptors (Lipinski definition) is 4. The number of hydrogen-bond donors (Lipinski definition) is 1. The Morgan fingerprint density at radius 3 is 2.41 bits per heavy atom. The van der Waals surface area contributed by atoms with Gasteiger partial charge in [0.2, 0.25) is 11.9 Å². The number of alkyl halides is 3. The maximum absolute atomic E-state index is 14.3. The predicted octanol–water partition coefficient (Wildman–Crippen LogP) is 5.91. The number of rotatable bonds is 3. The van der Waals surface area contributed by atoms with Crippen molar-refractivity contribution in [2.24, 2.45) is 5.41 Å². The number of pyridine rings is 1.